The Kier molecular flexibility index (Phi) is 19.7. The smallest absolute Gasteiger partial charge is 0.311 e. The van der Waals surface area contributed by atoms with Crippen molar-refractivity contribution in [3.05, 3.63) is 0 Å². The number of ketones is 3. The van der Waals surface area contributed by atoms with E-state index < -0.39 is 90.0 Å². The molecule has 0 amide bonds. The van der Waals surface area contributed by atoms with Crippen LogP contribution in [0, 0.1) is 59.2 Å². The van der Waals surface area contributed by atoms with Crippen LogP contribution in [0.4, 0.5) is 0 Å². The van der Waals surface area contributed by atoms with Crippen LogP contribution in [0.5, 0.6) is 0 Å². The molecule has 2 aliphatic rings. The molecule has 2 saturated heterocycles. The molecule has 0 aromatic rings. The minimum absolute atomic E-state index is 0.0453. The first-order valence-electron chi connectivity index (χ1n) is 19.3. The van der Waals surface area contributed by atoms with Gasteiger partial charge in [-0.05, 0) is 57.8 Å². The SMILES string of the molecule is CC[C@H]1OC(=O)[C@H](C)[C@@H](O)[C@H](C)C(=O)[C@@H](C)CCC(=O)[C@H](C)[C@@H](O)[C@H]1C.CC[C@H]1OC(=O)[C@H](C)[C@@H](O)[C@H](C)C[C@@H](C)CCC(=O)[C@H](C)[C@@H](O)[C@H]1C. The molecule has 2 fully saturated rings. The number of aliphatic hydroxyl groups is 4. The van der Waals surface area contributed by atoms with Gasteiger partial charge in [0.05, 0.1) is 36.3 Å². The van der Waals surface area contributed by atoms with E-state index in [1.807, 2.05) is 27.7 Å². The van der Waals surface area contributed by atoms with Gasteiger partial charge in [-0.1, -0.05) is 69.2 Å². The number of hydrogen-bond acceptors (Lipinski definition) is 11. The van der Waals surface area contributed by atoms with Gasteiger partial charge in [-0.2, -0.15) is 0 Å². The zero-order valence-corrected chi connectivity index (χ0v) is 33.3. The van der Waals surface area contributed by atoms with Crippen LogP contribution in [0.15, 0.2) is 0 Å². The highest BCUT2D eigenvalue weighted by atomic mass is 16.6. The van der Waals surface area contributed by atoms with E-state index in [9.17, 15) is 44.4 Å². The van der Waals surface area contributed by atoms with Gasteiger partial charge in [0.15, 0.2) is 0 Å². The zero-order valence-electron chi connectivity index (χ0n) is 33.3. The van der Waals surface area contributed by atoms with E-state index in [1.165, 1.54) is 0 Å². The summed E-state index contributed by atoms with van der Waals surface area (Å²) >= 11 is 0. The van der Waals surface area contributed by atoms with E-state index in [2.05, 4.69) is 6.92 Å². The van der Waals surface area contributed by atoms with Crippen LogP contribution in [-0.4, -0.2) is 86.3 Å². The Morgan fingerprint density at radius 3 is 1.33 bits per heavy atom. The minimum atomic E-state index is -1.15. The second kappa shape index (κ2) is 21.5. The maximum atomic E-state index is 12.5. The summed E-state index contributed by atoms with van der Waals surface area (Å²) in [6.45, 7) is 21.3. The monoisotopic (exact) mass is 726 g/mol. The number of carbonyl (C=O) groups is 5. The van der Waals surface area contributed by atoms with Gasteiger partial charge in [0, 0.05) is 48.3 Å². The van der Waals surface area contributed by atoms with Crippen LogP contribution < -0.4 is 0 Å². The summed E-state index contributed by atoms with van der Waals surface area (Å²) in [5.74, 6) is -5.43. The Morgan fingerprint density at radius 1 is 0.529 bits per heavy atom. The van der Waals surface area contributed by atoms with Crippen molar-refractivity contribution >= 4 is 29.3 Å². The Labute approximate surface area is 306 Å². The molecular weight excluding hydrogens is 656 g/mol. The molecule has 0 saturated carbocycles. The Morgan fingerprint density at radius 2 is 0.922 bits per heavy atom. The lowest BCUT2D eigenvalue weighted by atomic mass is 9.81. The Balaban J connectivity index is 0.000000510. The molecule has 0 aromatic heterocycles. The predicted octanol–water partition coefficient (Wildman–Crippen LogP) is 5.11. The minimum Gasteiger partial charge on any atom is -0.462 e. The van der Waals surface area contributed by atoms with Crippen molar-refractivity contribution < 1.29 is 53.9 Å². The number of ether oxygens (including phenoxy) is 2. The maximum Gasteiger partial charge on any atom is 0.311 e. The number of aliphatic hydroxyl groups excluding tert-OH is 4. The molecule has 0 bridgehead atoms. The second-order valence-electron chi connectivity index (χ2n) is 16.0. The summed E-state index contributed by atoms with van der Waals surface area (Å²) in [6, 6.07) is 0. The van der Waals surface area contributed by atoms with Gasteiger partial charge in [-0.3, -0.25) is 24.0 Å². The molecule has 0 radical (unpaired) electrons. The van der Waals surface area contributed by atoms with Crippen LogP contribution in [0.3, 0.4) is 0 Å². The number of esters is 2. The molecule has 0 aromatic carbocycles. The fourth-order valence-electron chi connectivity index (χ4n) is 7.43. The molecule has 11 heteroatoms. The van der Waals surface area contributed by atoms with Crippen molar-refractivity contribution in [3.63, 3.8) is 0 Å². The van der Waals surface area contributed by atoms with Gasteiger partial charge >= 0.3 is 11.9 Å². The van der Waals surface area contributed by atoms with E-state index in [-0.39, 0.29) is 41.5 Å². The molecular formula is C40H70O11. The van der Waals surface area contributed by atoms with E-state index in [1.54, 1.807) is 48.5 Å². The maximum absolute atomic E-state index is 12.5. The topological polar surface area (TPSA) is 185 Å². The van der Waals surface area contributed by atoms with Gasteiger partial charge in [-0.25, -0.2) is 0 Å². The highest BCUT2D eigenvalue weighted by molar-refractivity contribution is 5.86. The molecule has 0 spiro atoms. The van der Waals surface area contributed by atoms with E-state index >= 15 is 0 Å². The Hall–Kier alpha value is -2.21. The molecule has 4 N–H and O–H groups in total. The molecule has 51 heavy (non-hydrogen) atoms. The van der Waals surface area contributed by atoms with Gasteiger partial charge in [0.2, 0.25) is 0 Å². The van der Waals surface area contributed by atoms with Crippen molar-refractivity contribution in [1.82, 2.24) is 0 Å². The molecule has 2 aliphatic heterocycles. The van der Waals surface area contributed by atoms with Crippen LogP contribution in [0.25, 0.3) is 0 Å². The molecule has 0 unspecified atom stereocenters. The largest absolute Gasteiger partial charge is 0.462 e. The third-order valence-electron chi connectivity index (χ3n) is 11.9. The second-order valence-corrected chi connectivity index (χ2v) is 16.0. The summed E-state index contributed by atoms with van der Waals surface area (Å²) in [4.78, 5) is 62.3. The lowest BCUT2D eigenvalue weighted by molar-refractivity contribution is -0.166. The first-order valence-corrected chi connectivity index (χ1v) is 19.3. The van der Waals surface area contributed by atoms with Crippen LogP contribution in [0.2, 0.25) is 0 Å². The predicted molar refractivity (Wildman–Crippen MR) is 194 cm³/mol. The highest BCUT2D eigenvalue weighted by Gasteiger charge is 2.39. The van der Waals surface area contributed by atoms with E-state index in [0.29, 0.717) is 25.7 Å². The summed E-state index contributed by atoms with van der Waals surface area (Å²) in [6.07, 6.45) is -1.20. The van der Waals surface area contributed by atoms with E-state index in [4.69, 9.17) is 9.47 Å². The van der Waals surface area contributed by atoms with Crippen molar-refractivity contribution in [3.8, 4) is 0 Å². The van der Waals surface area contributed by atoms with Gasteiger partial charge < -0.3 is 29.9 Å². The summed E-state index contributed by atoms with van der Waals surface area (Å²) in [7, 11) is 0. The fourth-order valence-corrected chi connectivity index (χ4v) is 7.43. The number of Topliss-reactive ketones (excluding diaryl/α,β-unsaturated/α-hetero) is 3. The average Bonchev–Trinajstić information content (AvgIpc) is 3.12. The Bertz CT molecular complexity index is 1140. The number of rotatable bonds is 2. The van der Waals surface area contributed by atoms with Crippen molar-refractivity contribution in [2.24, 2.45) is 59.2 Å². The number of hydrogen-bond donors (Lipinski definition) is 4. The molecule has 296 valence electrons. The first kappa shape index (κ1) is 46.8. The summed E-state index contributed by atoms with van der Waals surface area (Å²) in [5, 5.41) is 42.1. The van der Waals surface area contributed by atoms with Crippen molar-refractivity contribution in [2.75, 3.05) is 0 Å². The van der Waals surface area contributed by atoms with Crippen molar-refractivity contribution in [2.45, 2.75) is 165 Å². The lowest BCUT2D eigenvalue weighted by Gasteiger charge is -2.33. The van der Waals surface area contributed by atoms with Crippen LogP contribution >= 0.6 is 0 Å². The van der Waals surface area contributed by atoms with Crippen molar-refractivity contribution in [1.29, 1.82) is 0 Å². The van der Waals surface area contributed by atoms with Gasteiger partial charge in [0.1, 0.15) is 29.6 Å². The summed E-state index contributed by atoms with van der Waals surface area (Å²) in [5.41, 5.74) is 0. The molecule has 11 nitrogen and oxygen atoms in total. The van der Waals surface area contributed by atoms with Gasteiger partial charge in [-0.15, -0.1) is 0 Å². The standard InChI is InChI=1S/C20H34O6.C20H36O5/c1-7-16-12(4)18(23)11(3)15(21)9-8-10(2)17(22)13(5)19(24)14(6)20(25)26-16;1-7-17-14(5)19(23)13(4)16(21)9-8-11(2)10-12(3)18(22)15(6)20(24)25-17/h10-14,16,18-19,23-24H,7-9H2,1-6H3;11-15,17-19,22-23H,7-10H2,1-6H3/t10-,11-,12-,13+,14+,16+,18+,19-;11-,12+,13-,14-,15+,17+,18-,19+/m00/s1. The normalized spacial score (nSPS) is 42.0. The molecule has 16 atom stereocenters. The van der Waals surface area contributed by atoms with Crippen LogP contribution in [0.1, 0.15) is 128 Å². The lowest BCUT2D eigenvalue weighted by Crippen LogP contribution is -2.43. The average molecular weight is 727 g/mol. The van der Waals surface area contributed by atoms with Gasteiger partial charge in [0.25, 0.3) is 0 Å². The zero-order chi connectivity index (χ0) is 39.5. The number of cyclic esters (lactones) is 2. The third kappa shape index (κ3) is 13.0. The fraction of sp³-hybridized carbons (Fsp3) is 0.875. The summed E-state index contributed by atoms with van der Waals surface area (Å²) < 4.78 is 11.1. The third-order valence-corrected chi connectivity index (χ3v) is 11.9. The van der Waals surface area contributed by atoms with E-state index in [0.717, 1.165) is 12.8 Å². The quantitative estimate of drug-likeness (QED) is 0.278. The first-order chi connectivity index (χ1) is 23.6. The molecule has 0 aliphatic carbocycles. The highest BCUT2D eigenvalue weighted by Crippen LogP contribution is 2.30. The number of carbonyl (C=O) groups excluding carboxylic acids is 5. The molecule has 2 rings (SSSR count). The van der Waals surface area contributed by atoms with Crippen LogP contribution in [-0.2, 0) is 33.4 Å². The molecule has 2 heterocycles.